The Balaban J connectivity index is 2.05. The van der Waals surface area contributed by atoms with Crippen molar-refractivity contribution in [1.29, 1.82) is 0 Å². The quantitative estimate of drug-likeness (QED) is 0.737. The molecule has 0 atom stereocenters. The number of hydrogen-bond acceptors (Lipinski definition) is 5. The van der Waals surface area contributed by atoms with Crippen molar-refractivity contribution in [2.24, 2.45) is 0 Å². The van der Waals surface area contributed by atoms with Crippen LogP contribution in [0.15, 0.2) is 29.2 Å². The average Bonchev–Trinajstić information content (AvgIpc) is 2.65. The molecule has 0 saturated carbocycles. The van der Waals surface area contributed by atoms with E-state index in [0.29, 0.717) is 31.8 Å². The summed E-state index contributed by atoms with van der Waals surface area (Å²) < 4.78 is 32.2. The molecule has 0 spiro atoms. The zero-order valence-corrected chi connectivity index (χ0v) is 15.7. The van der Waals surface area contributed by atoms with Crippen molar-refractivity contribution >= 4 is 15.9 Å². The zero-order chi connectivity index (χ0) is 18.3. The predicted octanol–water partition coefficient (Wildman–Crippen LogP) is 0.918. The van der Waals surface area contributed by atoms with E-state index in [4.69, 9.17) is 4.74 Å². The first-order chi connectivity index (χ1) is 12.0. The third-order valence-corrected chi connectivity index (χ3v) is 6.13. The highest BCUT2D eigenvalue weighted by atomic mass is 32.2. The Morgan fingerprint density at radius 2 is 1.84 bits per heavy atom. The number of nitrogens with zero attached hydrogens (tertiary/aromatic N) is 2. The highest BCUT2D eigenvalue weighted by Gasteiger charge is 2.25. The van der Waals surface area contributed by atoms with Gasteiger partial charge in [-0.1, -0.05) is 6.92 Å². The predicted molar refractivity (Wildman–Crippen MR) is 96.1 cm³/mol. The number of carbonyl (C=O) groups is 1. The molecule has 1 aromatic rings. The topological polar surface area (TPSA) is 79.0 Å². The zero-order valence-electron chi connectivity index (χ0n) is 14.9. The van der Waals surface area contributed by atoms with Crippen LogP contribution in [0, 0.1) is 0 Å². The maximum Gasteiger partial charge on any atom is 0.243 e. The summed E-state index contributed by atoms with van der Waals surface area (Å²) in [4.78, 5) is 14.3. The Hall–Kier alpha value is -1.64. The molecule has 1 aliphatic rings. The lowest BCUT2D eigenvalue weighted by molar-refractivity contribution is -0.131. The number of ether oxygens (including phenoxy) is 1. The van der Waals surface area contributed by atoms with Crippen molar-refractivity contribution in [2.75, 3.05) is 46.4 Å². The van der Waals surface area contributed by atoms with Crippen LogP contribution >= 0.6 is 0 Å². The molecule has 1 saturated heterocycles. The summed E-state index contributed by atoms with van der Waals surface area (Å²) in [5.41, 5.74) is 0. The maximum absolute atomic E-state index is 12.9. The Morgan fingerprint density at radius 1 is 1.20 bits per heavy atom. The van der Waals surface area contributed by atoms with Crippen molar-refractivity contribution in [3.8, 4) is 5.75 Å². The lowest BCUT2D eigenvalue weighted by Crippen LogP contribution is -2.47. The van der Waals surface area contributed by atoms with E-state index in [1.54, 1.807) is 17.0 Å². The first-order valence-corrected chi connectivity index (χ1v) is 10.1. The van der Waals surface area contributed by atoms with Crippen molar-refractivity contribution < 1.29 is 17.9 Å². The van der Waals surface area contributed by atoms with Gasteiger partial charge >= 0.3 is 0 Å². The first-order valence-electron chi connectivity index (χ1n) is 8.61. The summed E-state index contributed by atoms with van der Waals surface area (Å²) in [6.45, 7) is 5.45. The molecule has 7 nitrogen and oxygen atoms in total. The van der Waals surface area contributed by atoms with Crippen LogP contribution in [0.3, 0.4) is 0 Å². The summed E-state index contributed by atoms with van der Waals surface area (Å²) in [5, 5.41) is 3.20. The molecule has 0 bridgehead atoms. The molecular weight excluding hydrogens is 342 g/mol. The molecular formula is C17H27N3O4S. The molecule has 2 rings (SSSR count). The number of hydrogen-bond donors (Lipinski definition) is 1. The summed E-state index contributed by atoms with van der Waals surface area (Å²) in [7, 11) is -2.08. The molecule has 0 aromatic heterocycles. The molecule has 1 amide bonds. The highest BCUT2D eigenvalue weighted by Crippen LogP contribution is 2.20. The fourth-order valence-electron chi connectivity index (χ4n) is 2.79. The number of methoxy groups -OCH3 is 1. The van der Waals surface area contributed by atoms with Crippen molar-refractivity contribution in [1.82, 2.24) is 14.5 Å². The smallest absolute Gasteiger partial charge is 0.243 e. The van der Waals surface area contributed by atoms with E-state index in [0.717, 1.165) is 13.1 Å². The van der Waals surface area contributed by atoms with E-state index in [-0.39, 0.29) is 23.8 Å². The minimum atomic E-state index is -3.62. The average molecular weight is 369 g/mol. The molecule has 0 radical (unpaired) electrons. The van der Waals surface area contributed by atoms with E-state index in [9.17, 15) is 13.2 Å². The lowest BCUT2D eigenvalue weighted by Gasteiger charge is -2.28. The van der Waals surface area contributed by atoms with Crippen LogP contribution in [0.5, 0.6) is 5.75 Å². The molecule has 25 heavy (non-hydrogen) atoms. The minimum Gasteiger partial charge on any atom is -0.497 e. The monoisotopic (exact) mass is 369 g/mol. The van der Waals surface area contributed by atoms with Crippen molar-refractivity contribution in [3.63, 3.8) is 0 Å². The van der Waals surface area contributed by atoms with Gasteiger partial charge in [0.25, 0.3) is 0 Å². The molecule has 1 aromatic carbocycles. The number of amides is 1. The Bertz CT molecular complexity index is 655. The second kappa shape index (κ2) is 9.17. The third-order valence-electron chi connectivity index (χ3n) is 4.21. The van der Waals surface area contributed by atoms with Gasteiger partial charge in [0.15, 0.2) is 0 Å². The number of benzene rings is 1. The van der Waals surface area contributed by atoms with Crippen LogP contribution in [0.2, 0.25) is 0 Å². The van der Waals surface area contributed by atoms with Crippen LogP contribution in [0.1, 0.15) is 19.8 Å². The van der Waals surface area contributed by atoms with Gasteiger partial charge in [0, 0.05) is 45.7 Å². The number of rotatable bonds is 8. The van der Waals surface area contributed by atoms with Crippen LogP contribution in [-0.4, -0.2) is 69.9 Å². The van der Waals surface area contributed by atoms with Gasteiger partial charge in [-0.05, 0) is 30.7 Å². The van der Waals surface area contributed by atoms with Gasteiger partial charge in [0.1, 0.15) is 5.75 Å². The molecule has 1 aliphatic heterocycles. The SMILES string of the molecule is CCCN(CCC(=O)N1CCNCC1)S(=O)(=O)c1ccc(OC)cc1. The molecule has 1 fully saturated rings. The fourth-order valence-corrected chi connectivity index (χ4v) is 4.32. The lowest BCUT2D eigenvalue weighted by atomic mass is 10.3. The summed E-state index contributed by atoms with van der Waals surface area (Å²) in [5.74, 6) is 0.613. The molecule has 1 N–H and O–H groups in total. The van der Waals surface area contributed by atoms with E-state index in [2.05, 4.69) is 5.32 Å². The van der Waals surface area contributed by atoms with Gasteiger partial charge in [-0.2, -0.15) is 4.31 Å². The van der Waals surface area contributed by atoms with E-state index >= 15 is 0 Å². The van der Waals surface area contributed by atoms with Gasteiger partial charge in [-0.3, -0.25) is 4.79 Å². The number of sulfonamides is 1. The van der Waals surface area contributed by atoms with Gasteiger partial charge < -0.3 is 15.0 Å². The van der Waals surface area contributed by atoms with Crippen LogP contribution in [0.4, 0.5) is 0 Å². The van der Waals surface area contributed by atoms with Gasteiger partial charge in [0.05, 0.1) is 12.0 Å². The molecule has 8 heteroatoms. The fraction of sp³-hybridized carbons (Fsp3) is 0.588. The minimum absolute atomic E-state index is 0.00698. The summed E-state index contributed by atoms with van der Waals surface area (Å²) in [6.07, 6.45) is 0.895. The van der Waals surface area contributed by atoms with E-state index in [1.807, 2.05) is 6.92 Å². The van der Waals surface area contributed by atoms with Gasteiger partial charge in [-0.15, -0.1) is 0 Å². The normalized spacial score (nSPS) is 15.4. The summed E-state index contributed by atoms with van der Waals surface area (Å²) in [6, 6.07) is 6.33. The molecule has 0 aliphatic carbocycles. The van der Waals surface area contributed by atoms with Gasteiger partial charge in [0.2, 0.25) is 15.9 Å². The second-order valence-electron chi connectivity index (χ2n) is 5.96. The third kappa shape index (κ3) is 5.17. The summed E-state index contributed by atoms with van der Waals surface area (Å²) >= 11 is 0. The second-order valence-corrected chi connectivity index (χ2v) is 7.90. The first kappa shape index (κ1) is 19.7. The number of carbonyl (C=O) groups excluding carboxylic acids is 1. The van der Waals surface area contributed by atoms with Crippen LogP contribution < -0.4 is 10.1 Å². The number of nitrogens with one attached hydrogen (secondary N) is 1. The van der Waals surface area contributed by atoms with E-state index in [1.165, 1.54) is 23.5 Å². The standard InChI is InChI=1S/C17H27N3O4S/c1-3-11-20(12-8-17(21)19-13-9-18-10-14-19)25(22,23)16-6-4-15(24-2)5-7-16/h4-7,18H,3,8-14H2,1-2H3. The molecule has 140 valence electrons. The molecule has 1 heterocycles. The Morgan fingerprint density at radius 3 is 2.40 bits per heavy atom. The van der Waals surface area contributed by atoms with E-state index < -0.39 is 10.0 Å². The van der Waals surface area contributed by atoms with Crippen molar-refractivity contribution in [2.45, 2.75) is 24.7 Å². The Labute approximate surface area is 150 Å². The Kier molecular flexibility index (Phi) is 7.22. The van der Waals surface area contributed by atoms with Crippen LogP contribution in [0.25, 0.3) is 0 Å². The van der Waals surface area contributed by atoms with Gasteiger partial charge in [-0.25, -0.2) is 8.42 Å². The number of piperazine rings is 1. The van der Waals surface area contributed by atoms with Crippen molar-refractivity contribution in [3.05, 3.63) is 24.3 Å². The molecule has 0 unspecified atom stereocenters. The largest absolute Gasteiger partial charge is 0.497 e. The van der Waals surface area contributed by atoms with Crippen LogP contribution in [-0.2, 0) is 14.8 Å². The highest BCUT2D eigenvalue weighted by molar-refractivity contribution is 7.89. The maximum atomic E-state index is 12.9.